The fraction of sp³-hybridized carbons (Fsp3) is 0.923. The third-order valence-electron chi connectivity index (χ3n) is 3.87. The molecule has 2 fully saturated rings. The van der Waals surface area contributed by atoms with Crippen LogP contribution in [0.1, 0.15) is 32.6 Å². The molecule has 17 heavy (non-hydrogen) atoms. The van der Waals surface area contributed by atoms with Crippen LogP contribution in [-0.2, 0) is 9.47 Å². The molecule has 0 amide bonds. The number of morpholine rings is 1. The zero-order valence-corrected chi connectivity index (χ0v) is 10.7. The van der Waals surface area contributed by atoms with Crippen molar-refractivity contribution < 1.29 is 9.47 Å². The fourth-order valence-corrected chi connectivity index (χ4v) is 2.89. The van der Waals surface area contributed by atoms with E-state index in [1.807, 2.05) is 0 Å². The molecular weight excluding hydrogens is 216 g/mol. The predicted molar refractivity (Wildman–Crippen MR) is 64.6 cm³/mol. The molecule has 2 atom stereocenters. The van der Waals surface area contributed by atoms with Gasteiger partial charge in [-0.05, 0) is 6.42 Å². The summed E-state index contributed by atoms with van der Waals surface area (Å²) in [5, 5.41) is 9.59. The van der Waals surface area contributed by atoms with Gasteiger partial charge < -0.3 is 9.47 Å². The summed E-state index contributed by atoms with van der Waals surface area (Å²) in [6.07, 6.45) is 4.14. The van der Waals surface area contributed by atoms with E-state index in [1.165, 1.54) is 0 Å². The summed E-state index contributed by atoms with van der Waals surface area (Å²) in [7, 11) is 0. The Balaban J connectivity index is 2.04. The number of nitriles is 1. The van der Waals surface area contributed by atoms with Crippen LogP contribution in [0, 0.1) is 11.3 Å². The van der Waals surface area contributed by atoms with Crippen LogP contribution in [0.15, 0.2) is 0 Å². The Bertz CT molecular complexity index is 282. The average molecular weight is 238 g/mol. The SMILES string of the molecule is CCCC1CC(C#N)(N2CCOCC2)CCO1. The minimum absolute atomic E-state index is 0.260. The van der Waals surface area contributed by atoms with Crippen LogP contribution in [0.4, 0.5) is 0 Å². The molecule has 4 nitrogen and oxygen atoms in total. The minimum Gasteiger partial charge on any atom is -0.379 e. The molecule has 0 aromatic heterocycles. The Morgan fingerprint density at radius 1 is 1.35 bits per heavy atom. The largest absolute Gasteiger partial charge is 0.379 e. The molecule has 0 aromatic carbocycles. The van der Waals surface area contributed by atoms with Gasteiger partial charge >= 0.3 is 0 Å². The standard InChI is InChI=1S/C13H22N2O2/c1-2-3-12-10-13(11-14,4-7-17-12)15-5-8-16-9-6-15/h12H,2-10H2,1H3. The van der Waals surface area contributed by atoms with Gasteiger partial charge in [-0.1, -0.05) is 13.3 Å². The van der Waals surface area contributed by atoms with Crippen molar-refractivity contribution in [3.63, 3.8) is 0 Å². The summed E-state index contributed by atoms with van der Waals surface area (Å²) in [4.78, 5) is 2.31. The topological polar surface area (TPSA) is 45.5 Å². The van der Waals surface area contributed by atoms with E-state index >= 15 is 0 Å². The smallest absolute Gasteiger partial charge is 0.114 e. The highest BCUT2D eigenvalue weighted by Crippen LogP contribution is 2.32. The summed E-state index contributed by atoms with van der Waals surface area (Å²) in [6.45, 7) is 6.15. The number of nitrogens with zero attached hydrogens (tertiary/aromatic N) is 2. The molecule has 0 saturated carbocycles. The predicted octanol–water partition coefficient (Wildman–Crippen LogP) is 1.56. The lowest BCUT2D eigenvalue weighted by Crippen LogP contribution is -2.56. The van der Waals surface area contributed by atoms with Crippen molar-refractivity contribution in [2.75, 3.05) is 32.9 Å². The molecule has 2 saturated heterocycles. The number of ether oxygens (including phenoxy) is 2. The number of rotatable bonds is 3. The van der Waals surface area contributed by atoms with E-state index in [1.54, 1.807) is 0 Å². The molecule has 2 aliphatic rings. The van der Waals surface area contributed by atoms with Gasteiger partial charge in [0, 0.05) is 32.5 Å². The molecule has 4 heteroatoms. The van der Waals surface area contributed by atoms with E-state index in [-0.39, 0.29) is 11.6 Å². The van der Waals surface area contributed by atoms with Crippen LogP contribution >= 0.6 is 0 Å². The maximum absolute atomic E-state index is 9.59. The van der Waals surface area contributed by atoms with Gasteiger partial charge in [-0.3, -0.25) is 4.90 Å². The Morgan fingerprint density at radius 2 is 2.12 bits per heavy atom. The van der Waals surface area contributed by atoms with Gasteiger partial charge in [0.05, 0.1) is 25.4 Å². The number of hydrogen-bond acceptors (Lipinski definition) is 4. The normalized spacial score (nSPS) is 35.4. The molecule has 0 spiro atoms. The Hall–Kier alpha value is -0.630. The molecule has 2 unspecified atom stereocenters. The highest BCUT2D eigenvalue weighted by atomic mass is 16.5. The van der Waals surface area contributed by atoms with Gasteiger partial charge in [0.2, 0.25) is 0 Å². The minimum atomic E-state index is -0.304. The van der Waals surface area contributed by atoms with Crippen LogP contribution in [-0.4, -0.2) is 49.5 Å². The van der Waals surface area contributed by atoms with Crippen molar-refractivity contribution in [1.82, 2.24) is 4.90 Å². The third-order valence-corrected chi connectivity index (χ3v) is 3.87. The summed E-state index contributed by atoms with van der Waals surface area (Å²) < 4.78 is 11.1. The molecule has 0 aromatic rings. The van der Waals surface area contributed by atoms with Gasteiger partial charge in [0.15, 0.2) is 0 Å². The summed E-state index contributed by atoms with van der Waals surface area (Å²) in [5.74, 6) is 0. The zero-order valence-electron chi connectivity index (χ0n) is 10.7. The van der Waals surface area contributed by atoms with Crippen molar-refractivity contribution in [2.24, 2.45) is 0 Å². The number of hydrogen-bond donors (Lipinski definition) is 0. The van der Waals surface area contributed by atoms with Gasteiger partial charge in [0.25, 0.3) is 0 Å². The highest BCUT2D eigenvalue weighted by Gasteiger charge is 2.42. The van der Waals surface area contributed by atoms with Crippen molar-refractivity contribution in [2.45, 2.75) is 44.2 Å². The fourth-order valence-electron chi connectivity index (χ4n) is 2.89. The molecular formula is C13H22N2O2. The first-order chi connectivity index (χ1) is 8.30. The van der Waals surface area contributed by atoms with Crippen LogP contribution < -0.4 is 0 Å². The average Bonchev–Trinajstić information content (AvgIpc) is 2.40. The molecule has 0 aliphatic carbocycles. The van der Waals surface area contributed by atoms with E-state index in [0.29, 0.717) is 0 Å². The first-order valence-electron chi connectivity index (χ1n) is 6.66. The quantitative estimate of drug-likeness (QED) is 0.748. The summed E-state index contributed by atoms with van der Waals surface area (Å²) in [6, 6.07) is 2.57. The molecule has 96 valence electrons. The second-order valence-electron chi connectivity index (χ2n) is 4.98. The molecule has 2 rings (SSSR count). The molecule has 0 bridgehead atoms. The van der Waals surface area contributed by atoms with E-state index in [0.717, 1.165) is 58.6 Å². The lowest BCUT2D eigenvalue weighted by Gasteiger charge is -2.45. The lowest BCUT2D eigenvalue weighted by molar-refractivity contribution is -0.0803. The van der Waals surface area contributed by atoms with Crippen LogP contribution in [0.2, 0.25) is 0 Å². The highest BCUT2D eigenvalue weighted by molar-refractivity contribution is 5.11. The van der Waals surface area contributed by atoms with Crippen molar-refractivity contribution in [3.8, 4) is 6.07 Å². The van der Waals surface area contributed by atoms with Crippen molar-refractivity contribution in [1.29, 1.82) is 5.26 Å². The van der Waals surface area contributed by atoms with Crippen LogP contribution in [0.3, 0.4) is 0 Å². The maximum Gasteiger partial charge on any atom is 0.114 e. The maximum atomic E-state index is 9.59. The van der Waals surface area contributed by atoms with Crippen LogP contribution in [0.25, 0.3) is 0 Å². The molecule has 2 aliphatic heterocycles. The monoisotopic (exact) mass is 238 g/mol. The Morgan fingerprint density at radius 3 is 2.76 bits per heavy atom. The Kier molecular flexibility index (Phi) is 4.38. The van der Waals surface area contributed by atoms with Crippen molar-refractivity contribution in [3.05, 3.63) is 0 Å². The third kappa shape index (κ3) is 2.79. The molecule has 2 heterocycles. The summed E-state index contributed by atoms with van der Waals surface area (Å²) in [5.41, 5.74) is -0.304. The van der Waals surface area contributed by atoms with Gasteiger partial charge in [0.1, 0.15) is 5.54 Å². The van der Waals surface area contributed by atoms with E-state index in [4.69, 9.17) is 9.47 Å². The lowest BCUT2D eigenvalue weighted by atomic mass is 9.84. The molecule has 0 radical (unpaired) electrons. The second kappa shape index (κ2) is 5.81. The van der Waals surface area contributed by atoms with Gasteiger partial charge in [-0.15, -0.1) is 0 Å². The van der Waals surface area contributed by atoms with E-state index < -0.39 is 0 Å². The first kappa shape index (κ1) is 12.8. The Labute approximate surface area is 103 Å². The van der Waals surface area contributed by atoms with E-state index in [2.05, 4.69) is 17.9 Å². The molecule has 0 N–H and O–H groups in total. The second-order valence-corrected chi connectivity index (χ2v) is 4.98. The summed E-state index contributed by atoms with van der Waals surface area (Å²) >= 11 is 0. The van der Waals surface area contributed by atoms with Gasteiger partial charge in [-0.25, -0.2) is 0 Å². The van der Waals surface area contributed by atoms with E-state index in [9.17, 15) is 5.26 Å². The van der Waals surface area contributed by atoms with Gasteiger partial charge in [-0.2, -0.15) is 5.26 Å². The van der Waals surface area contributed by atoms with Crippen molar-refractivity contribution >= 4 is 0 Å². The first-order valence-corrected chi connectivity index (χ1v) is 6.66. The zero-order chi connectivity index (χ0) is 12.1. The van der Waals surface area contributed by atoms with Crippen LogP contribution in [0.5, 0.6) is 0 Å².